The van der Waals surface area contributed by atoms with E-state index in [0.29, 0.717) is 25.1 Å². The molecule has 0 spiro atoms. The predicted octanol–water partition coefficient (Wildman–Crippen LogP) is 2.24. The second-order valence-corrected chi connectivity index (χ2v) is 8.64. The molecule has 2 aromatic rings. The molecule has 0 bridgehead atoms. The van der Waals surface area contributed by atoms with Gasteiger partial charge in [-0.2, -0.15) is 4.31 Å². The lowest BCUT2D eigenvalue weighted by Crippen LogP contribution is -2.42. The Morgan fingerprint density at radius 1 is 1.20 bits per heavy atom. The summed E-state index contributed by atoms with van der Waals surface area (Å²) in [7, 11) is -3.69. The average Bonchev–Trinajstić information content (AvgIpc) is 3.27. The first-order chi connectivity index (χ1) is 11.9. The van der Waals surface area contributed by atoms with Crippen molar-refractivity contribution >= 4 is 38.9 Å². The van der Waals surface area contributed by atoms with Crippen LogP contribution in [-0.4, -0.2) is 42.3 Å². The summed E-state index contributed by atoms with van der Waals surface area (Å²) in [4.78, 5) is 23.4. The van der Waals surface area contributed by atoms with E-state index in [1.165, 1.54) is 34.6 Å². The number of hydrogen-bond donors (Lipinski definition) is 2. The summed E-state index contributed by atoms with van der Waals surface area (Å²) in [6, 6.07) is 8.14. The normalized spacial score (nSPS) is 18.2. The van der Waals surface area contributed by atoms with Crippen LogP contribution in [0.2, 0.25) is 0 Å². The van der Waals surface area contributed by atoms with Gasteiger partial charge in [-0.25, -0.2) is 13.2 Å². The maximum Gasteiger partial charge on any atom is 0.335 e. The van der Waals surface area contributed by atoms with Crippen LogP contribution < -0.4 is 5.32 Å². The smallest absolute Gasteiger partial charge is 0.335 e. The number of thiophene rings is 1. The SMILES string of the molecule is O=C(O)c1ccc(NC(=O)C2CCCN2S(=O)(=O)c2cccs2)cc1. The lowest BCUT2D eigenvalue weighted by atomic mass is 10.2. The van der Waals surface area contributed by atoms with Gasteiger partial charge in [-0.15, -0.1) is 11.3 Å². The van der Waals surface area contributed by atoms with Crippen LogP contribution in [0, 0.1) is 0 Å². The molecule has 1 aliphatic heterocycles. The van der Waals surface area contributed by atoms with Gasteiger partial charge in [0.25, 0.3) is 10.0 Å². The number of nitrogens with zero attached hydrogens (tertiary/aromatic N) is 1. The van der Waals surface area contributed by atoms with Gasteiger partial charge < -0.3 is 10.4 Å². The number of amides is 1. The fraction of sp³-hybridized carbons (Fsp3) is 0.250. The molecule has 25 heavy (non-hydrogen) atoms. The predicted molar refractivity (Wildman–Crippen MR) is 93.3 cm³/mol. The molecule has 2 heterocycles. The van der Waals surface area contributed by atoms with Gasteiger partial charge in [0.15, 0.2) is 0 Å². The molecule has 3 rings (SSSR count). The van der Waals surface area contributed by atoms with Crippen molar-refractivity contribution in [2.75, 3.05) is 11.9 Å². The molecule has 1 unspecified atom stereocenters. The first-order valence-corrected chi connectivity index (χ1v) is 9.91. The third-order valence-electron chi connectivity index (χ3n) is 3.96. The summed E-state index contributed by atoms with van der Waals surface area (Å²) in [6.07, 6.45) is 1.06. The average molecular weight is 380 g/mol. The zero-order valence-corrected chi connectivity index (χ0v) is 14.7. The number of carbonyl (C=O) groups excluding carboxylic acids is 1. The maximum atomic E-state index is 12.7. The molecule has 9 heteroatoms. The number of hydrogen-bond acceptors (Lipinski definition) is 5. The van der Waals surface area contributed by atoms with Crippen LogP contribution >= 0.6 is 11.3 Å². The first-order valence-electron chi connectivity index (χ1n) is 7.59. The minimum absolute atomic E-state index is 0.112. The quantitative estimate of drug-likeness (QED) is 0.828. The highest BCUT2D eigenvalue weighted by Gasteiger charge is 2.39. The Balaban J connectivity index is 1.76. The molecular formula is C16H16N2O5S2. The second kappa shape index (κ2) is 6.95. The Hall–Kier alpha value is -2.23. The molecule has 1 aromatic heterocycles. The Morgan fingerprint density at radius 3 is 2.52 bits per heavy atom. The zero-order chi connectivity index (χ0) is 18.0. The fourth-order valence-electron chi connectivity index (χ4n) is 2.74. The first kappa shape index (κ1) is 17.6. The van der Waals surface area contributed by atoms with Gasteiger partial charge in [0.1, 0.15) is 10.3 Å². The van der Waals surface area contributed by atoms with Crippen molar-refractivity contribution in [1.29, 1.82) is 0 Å². The van der Waals surface area contributed by atoms with Crippen molar-refractivity contribution in [2.24, 2.45) is 0 Å². The zero-order valence-electron chi connectivity index (χ0n) is 13.1. The van der Waals surface area contributed by atoms with Gasteiger partial charge in [-0.05, 0) is 48.6 Å². The molecule has 2 N–H and O–H groups in total. The lowest BCUT2D eigenvalue weighted by molar-refractivity contribution is -0.119. The van der Waals surface area contributed by atoms with Crippen LogP contribution in [0.25, 0.3) is 0 Å². The van der Waals surface area contributed by atoms with Crippen LogP contribution in [0.1, 0.15) is 23.2 Å². The van der Waals surface area contributed by atoms with E-state index in [4.69, 9.17) is 5.11 Å². The molecule has 0 saturated carbocycles. The molecule has 1 saturated heterocycles. The van der Waals surface area contributed by atoms with Gasteiger partial charge in [0.05, 0.1) is 5.56 Å². The molecule has 132 valence electrons. The molecule has 1 fully saturated rings. The van der Waals surface area contributed by atoms with Gasteiger partial charge in [0.2, 0.25) is 5.91 Å². The maximum absolute atomic E-state index is 12.7. The summed E-state index contributed by atoms with van der Waals surface area (Å²) >= 11 is 1.12. The highest BCUT2D eigenvalue weighted by atomic mass is 32.2. The van der Waals surface area contributed by atoms with E-state index in [1.807, 2.05) is 0 Å². The van der Waals surface area contributed by atoms with E-state index in [-0.39, 0.29) is 9.77 Å². The van der Waals surface area contributed by atoms with Crippen LogP contribution in [-0.2, 0) is 14.8 Å². The van der Waals surface area contributed by atoms with E-state index < -0.39 is 27.9 Å². The molecule has 1 amide bonds. The number of carbonyl (C=O) groups is 2. The lowest BCUT2D eigenvalue weighted by Gasteiger charge is -2.22. The Bertz CT molecular complexity index is 876. The number of rotatable bonds is 5. The van der Waals surface area contributed by atoms with Crippen molar-refractivity contribution in [3.8, 4) is 0 Å². The largest absolute Gasteiger partial charge is 0.478 e. The summed E-state index contributed by atoms with van der Waals surface area (Å²) in [5.74, 6) is -1.47. The molecule has 0 aliphatic carbocycles. The molecule has 7 nitrogen and oxygen atoms in total. The molecular weight excluding hydrogens is 364 g/mol. The summed E-state index contributed by atoms with van der Waals surface area (Å²) in [5, 5.41) is 13.2. The monoisotopic (exact) mass is 380 g/mol. The number of nitrogens with one attached hydrogen (secondary N) is 1. The topological polar surface area (TPSA) is 104 Å². The molecule has 1 aliphatic rings. The van der Waals surface area contributed by atoms with Crippen LogP contribution in [0.15, 0.2) is 46.0 Å². The third-order valence-corrected chi connectivity index (χ3v) is 7.24. The summed E-state index contributed by atoms with van der Waals surface area (Å²) < 4.78 is 26.8. The van der Waals surface area contributed by atoms with Gasteiger partial charge in [0, 0.05) is 12.2 Å². The highest BCUT2D eigenvalue weighted by molar-refractivity contribution is 7.91. The number of aromatic carboxylic acids is 1. The Labute approximate surface area is 149 Å². The summed E-state index contributed by atoms with van der Waals surface area (Å²) in [6.45, 7) is 0.302. The Morgan fingerprint density at radius 2 is 1.92 bits per heavy atom. The third kappa shape index (κ3) is 3.58. The van der Waals surface area contributed by atoms with Crippen LogP contribution in [0.5, 0.6) is 0 Å². The number of benzene rings is 1. The molecule has 1 aromatic carbocycles. The number of anilines is 1. The fourth-order valence-corrected chi connectivity index (χ4v) is 5.51. The van der Waals surface area contributed by atoms with Gasteiger partial charge in [-0.1, -0.05) is 6.07 Å². The number of carboxylic acids is 1. The minimum Gasteiger partial charge on any atom is -0.478 e. The van der Waals surface area contributed by atoms with Crippen molar-refractivity contribution in [3.63, 3.8) is 0 Å². The van der Waals surface area contributed by atoms with Crippen molar-refractivity contribution < 1.29 is 23.1 Å². The molecule has 0 radical (unpaired) electrons. The standard InChI is InChI=1S/C16H16N2O5S2/c19-15(17-12-7-5-11(6-8-12)16(20)21)13-3-1-9-18(13)25(22,23)14-4-2-10-24-14/h2,4-8,10,13H,1,3,9H2,(H,17,19)(H,20,21). The van der Waals surface area contributed by atoms with E-state index in [2.05, 4.69) is 5.32 Å². The van der Waals surface area contributed by atoms with Crippen molar-refractivity contribution in [2.45, 2.75) is 23.1 Å². The molecule has 1 atom stereocenters. The van der Waals surface area contributed by atoms with Gasteiger partial charge >= 0.3 is 5.97 Å². The van der Waals surface area contributed by atoms with E-state index in [0.717, 1.165) is 11.3 Å². The second-order valence-electron chi connectivity index (χ2n) is 5.58. The van der Waals surface area contributed by atoms with Crippen molar-refractivity contribution in [1.82, 2.24) is 4.31 Å². The minimum atomic E-state index is -3.69. The van der Waals surface area contributed by atoms with E-state index in [1.54, 1.807) is 11.4 Å². The Kier molecular flexibility index (Phi) is 4.89. The van der Waals surface area contributed by atoms with Crippen LogP contribution in [0.4, 0.5) is 5.69 Å². The summed E-state index contributed by atoms with van der Waals surface area (Å²) in [5.41, 5.74) is 0.538. The highest BCUT2D eigenvalue weighted by Crippen LogP contribution is 2.29. The number of carboxylic acid groups (broad SMARTS) is 1. The van der Waals surface area contributed by atoms with Crippen LogP contribution in [0.3, 0.4) is 0 Å². The van der Waals surface area contributed by atoms with Gasteiger partial charge in [-0.3, -0.25) is 4.79 Å². The number of sulfonamides is 1. The van der Waals surface area contributed by atoms with E-state index in [9.17, 15) is 18.0 Å². The van der Waals surface area contributed by atoms with E-state index >= 15 is 0 Å². The van der Waals surface area contributed by atoms with Crippen molar-refractivity contribution in [3.05, 3.63) is 47.3 Å².